The second-order valence-electron chi connectivity index (χ2n) is 5.15. The monoisotopic (exact) mass is 205 g/mol. The molecule has 0 amide bonds. The van der Waals surface area contributed by atoms with Gasteiger partial charge in [0.2, 0.25) is 0 Å². The van der Waals surface area contributed by atoms with Crippen molar-refractivity contribution >= 4 is 45.3 Å². The molecule has 0 N–H and O–H groups in total. The first kappa shape index (κ1) is 11.5. The SMILES string of the molecule is [Li][c]1cnc([Si](C)(C)C(C)(C)C)s1. The van der Waals surface area contributed by atoms with Gasteiger partial charge in [0.25, 0.3) is 0 Å². The Morgan fingerprint density at radius 1 is 1.38 bits per heavy atom. The molecule has 1 nitrogen and oxygen atoms in total. The van der Waals surface area contributed by atoms with Crippen LogP contribution in [0, 0.1) is 0 Å². The van der Waals surface area contributed by atoms with Gasteiger partial charge in [-0.3, -0.25) is 0 Å². The quantitative estimate of drug-likeness (QED) is 0.635. The van der Waals surface area contributed by atoms with Crippen LogP contribution in [0.3, 0.4) is 0 Å². The first-order chi connectivity index (χ1) is 5.75. The third-order valence-corrected chi connectivity index (χ3v) is 10.5. The van der Waals surface area contributed by atoms with E-state index in [-0.39, 0.29) is 0 Å². The summed E-state index contributed by atoms with van der Waals surface area (Å²) in [5, 5.41) is 0.400. The van der Waals surface area contributed by atoms with Crippen LogP contribution < -0.4 is 8.18 Å². The van der Waals surface area contributed by atoms with Crippen molar-refractivity contribution < 1.29 is 0 Å². The van der Waals surface area contributed by atoms with Crippen molar-refractivity contribution in [1.29, 1.82) is 0 Å². The molecule has 0 saturated carbocycles. The summed E-state index contributed by atoms with van der Waals surface area (Å²) in [5.74, 6) is 0. The summed E-state index contributed by atoms with van der Waals surface area (Å²) < 4.78 is 2.72. The number of thiazole rings is 1. The van der Waals surface area contributed by atoms with Crippen LogP contribution in [-0.2, 0) is 0 Å². The molecule has 0 aliphatic rings. The Morgan fingerprint density at radius 3 is 2.23 bits per heavy atom. The second-order valence-corrected chi connectivity index (χ2v) is 12.0. The van der Waals surface area contributed by atoms with Crippen molar-refractivity contribution in [2.24, 2.45) is 0 Å². The molecule has 13 heavy (non-hydrogen) atoms. The van der Waals surface area contributed by atoms with E-state index in [0.717, 1.165) is 0 Å². The number of nitrogens with zero attached hydrogens (tertiary/aromatic N) is 1. The van der Waals surface area contributed by atoms with E-state index in [0.29, 0.717) is 5.04 Å². The molecule has 0 aromatic carbocycles. The summed E-state index contributed by atoms with van der Waals surface area (Å²) >= 11 is 4.01. The number of hydrogen-bond donors (Lipinski definition) is 0. The molecule has 0 aliphatic carbocycles. The predicted octanol–water partition coefficient (Wildman–Crippen LogP) is 1.65. The fraction of sp³-hybridized carbons (Fsp3) is 0.667. The first-order valence-corrected chi connectivity index (χ1v) is 8.50. The molecule has 0 radical (unpaired) electrons. The van der Waals surface area contributed by atoms with Crippen LogP contribution in [0.25, 0.3) is 0 Å². The van der Waals surface area contributed by atoms with Crippen molar-refractivity contribution in [1.82, 2.24) is 4.98 Å². The summed E-state index contributed by atoms with van der Waals surface area (Å²) in [6, 6.07) is 0. The molecule has 1 rings (SSSR count). The summed E-state index contributed by atoms with van der Waals surface area (Å²) in [5.41, 5.74) is 0. The molecule has 68 valence electrons. The van der Waals surface area contributed by atoms with Gasteiger partial charge in [0, 0.05) is 0 Å². The standard InChI is InChI=1S/C9H16NSSi.Li/c1-9(2,3)12(4,5)8-10-6-7-11-8;/h6H,1-5H3;. The van der Waals surface area contributed by atoms with Crippen LogP contribution in [0.5, 0.6) is 0 Å². The molecule has 0 saturated heterocycles. The minimum absolute atomic E-state index is 0.400. The number of aromatic nitrogens is 1. The molecule has 1 heterocycles. The average Bonchev–Trinajstić information content (AvgIpc) is 2.33. The van der Waals surface area contributed by atoms with E-state index in [4.69, 9.17) is 0 Å². The molecule has 4 heteroatoms. The Labute approximate surface area is 95.2 Å². The zero-order chi connectivity index (χ0) is 10.3. The Hall–Kier alpha value is 0.444. The van der Waals surface area contributed by atoms with Gasteiger partial charge in [-0.25, -0.2) is 0 Å². The van der Waals surface area contributed by atoms with Gasteiger partial charge in [0.1, 0.15) is 0 Å². The maximum atomic E-state index is 4.53. The van der Waals surface area contributed by atoms with Gasteiger partial charge in [-0.2, -0.15) is 0 Å². The zero-order valence-corrected chi connectivity index (χ0v) is 11.2. The fourth-order valence-electron chi connectivity index (χ4n) is 0.964. The number of rotatable bonds is 1. The summed E-state index contributed by atoms with van der Waals surface area (Å²) in [7, 11) is -1.35. The molecular formula is C9H16LiNSSi. The first-order valence-electron chi connectivity index (χ1n) is 4.68. The van der Waals surface area contributed by atoms with Crippen molar-refractivity contribution in [2.75, 3.05) is 0 Å². The molecule has 0 spiro atoms. The van der Waals surface area contributed by atoms with Crippen LogP contribution >= 0.6 is 11.3 Å². The molecule has 0 bridgehead atoms. The average molecular weight is 205 g/mol. The van der Waals surface area contributed by atoms with Crippen molar-refractivity contribution in [3.8, 4) is 0 Å². The van der Waals surface area contributed by atoms with Gasteiger partial charge in [0.15, 0.2) is 0 Å². The summed E-state index contributed by atoms with van der Waals surface area (Å²) in [6.45, 7) is 11.8. The fourth-order valence-corrected chi connectivity index (χ4v) is 4.93. The van der Waals surface area contributed by atoms with E-state index in [1.807, 2.05) is 17.5 Å². The normalized spacial score (nSPS) is 13.5. The minimum atomic E-state index is -1.35. The van der Waals surface area contributed by atoms with Crippen molar-refractivity contribution in [3.05, 3.63) is 6.20 Å². The van der Waals surface area contributed by atoms with E-state index in [9.17, 15) is 0 Å². The van der Waals surface area contributed by atoms with Gasteiger partial charge in [-0.05, 0) is 0 Å². The van der Waals surface area contributed by atoms with Gasteiger partial charge < -0.3 is 0 Å². The van der Waals surface area contributed by atoms with E-state index in [1.54, 1.807) is 0 Å². The van der Waals surface area contributed by atoms with Gasteiger partial charge in [-0.1, -0.05) is 0 Å². The van der Waals surface area contributed by atoms with Gasteiger partial charge in [-0.15, -0.1) is 0 Å². The van der Waals surface area contributed by atoms with Crippen molar-refractivity contribution in [3.63, 3.8) is 0 Å². The van der Waals surface area contributed by atoms with E-state index in [1.165, 1.54) is 8.18 Å². The molecule has 1 aromatic heterocycles. The van der Waals surface area contributed by atoms with Gasteiger partial charge >= 0.3 is 95.4 Å². The third kappa shape index (κ3) is 2.27. The summed E-state index contributed by atoms with van der Waals surface area (Å²) in [4.78, 5) is 4.53. The Bertz CT molecular complexity index is 301. The van der Waals surface area contributed by atoms with E-state index < -0.39 is 8.07 Å². The molecule has 1 aromatic rings. The van der Waals surface area contributed by atoms with Crippen LogP contribution in [0.4, 0.5) is 0 Å². The Kier molecular flexibility index (Phi) is 3.14. The van der Waals surface area contributed by atoms with Crippen LogP contribution in [-0.4, -0.2) is 30.8 Å². The molecular weight excluding hydrogens is 189 g/mol. The summed E-state index contributed by atoms with van der Waals surface area (Å²) in [6.07, 6.45) is 2.00. The molecule has 0 fully saturated rings. The Balaban J connectivity index is 3.07. The molecule has 0 aliphatic heterocycles. The predicted molar refractivity (Wildman–Crippen MR) is 64.3 cm³/mol. The van der Waals surface area contributed by atoms with Crippen LogP contribution in [0.15, 0.2) is 6.20 Å². The molecule has 0 unspecified atom stereocenters. The second kappa shape index (κ2) is 3.54. The van der Waals surface area contributed by atoms with Crippen molar-refractivity contribution in [2.45, 2.75) is 38.9 Å². The zero-order valence-electron chi connectivity index (χ0n) is 9.43. The van der Waals surface area contributed by atoms with E-state index >= 15 is 0 Å². The topological polar surface area (TPSA) is 12.9 Å². The van der Waals surface area contributed by atoms with Crippen LogP contribution in [0.1, 0.15) is 20.8 Å². The van der Waals surface area contributed by atoms with Gasteiger partial charge in [0.05, 0.1) is 0 Å². The Morgan fingerprint density at radius 2 is 1.92 bits per heavy atom. The van der Waals surface area contributed by atoms with Crippen LogP contribution in [0.2, 0.25) is 18.1 Å². The number of hydrogen-bond acceptors (Lipinski definition) is 2. The molecule has 0 atom stereocenters. The van der Waals surface area contributed by atoms with E-state index in [2.05, 4.69) is 56.6 Å². The maximum absolute atomic E-state index is 4.53. The third-order valence-electron chi connectivity index (χ3n) is 3.03.